The van der Waals surface area contributed by atoms with Crippen molar-refractivity contribution in [3.05, 3.63) is 30.1 Å². The second-order valence-corrected chi connectivity index (χ2v) is 6.03. The molecule has 4 heteroatoms. The van der Waals surface area contributed by atoms with Gasteiger partial charge in [0.25, 0.3) is 0 Å². The highest BCUT2D eigenvalue weighted by molar-refractivity contribution is 5.92. The minimum absolute atomic E-state index is 0.130. The van der Waals surface area contributed by atoms with Gasteiger partial charge in [-0.3, -0.25) is 4.79 Å². The van der Waals surface area contributed by atoms with Gasteiger partial charge in [0.1, 0.15) is 5.82 Å². The van der Waals surface area contributed by atoms with Gasteiger partial charge in [-0.15, -0.1) is 0 Å². The summed E-state index contributed by atoms with van der Waals surface area (Å²) in [5, 5.41) is 5.92. The largest absolute Gasteiger partial charge is 0.325 e. The van der Waals surface area contributed by atoms with Crippen molar-refractivity contribution in [3.8, 4) is 0 Å². The molecule has 3 nitrogen and oxygen atoms in total. The molecule has 1 saturated carbocycles. The zero-order valence-corrected chi connectivity index (χ0v) is 12.0. The van der Waals surface area contributed by atoms with Gasteiger partial charge in [0.2, 0.25) is 5.91 Å². The van der Waals surface area contributed by atoms with Crippen molar-refractivity contribution < 1.29 is 9.18 Å². The first-order valence-electron chi connectivity index (χ1n) is 7.34. The molecule has 0 heterocycles. The smallest absolute Gasteiger partial charge is 0.238 e. The number of amides is 1. The number of rotatable bonds is 5. The van der Waals surface area contributed by atoms with Gasteiger partial charge in [0.05, 0.1) is 6.54 Å². The molecule has 1 fully saturated rings. The first-order valence-corrected chi connectivity index (χ1v) is 7.34. The minimum atomic E-state index is -0.342. The van der Waals surface area contributed by atoms with E-state index in [4.69, 9.17) is 0 Å². The maximum absolute atomic E-state index is 13.0. The van der Waals surface area contributed by atoms with E-state index < -0.39 is 0 Å². The number of halogens is 1. The van der Waals surface area contributed by atoms with Crippen LogP contribution in [0.3, 0.4) is 0 Å². The van der Waals surface area contributed by atoms with E-state index in [1.807, 2.05) is 0 Å². The van der Waals surface area contributed by atoms with Crippen molar-refractivity contribution in [2.75, 3.05) is 18.4 Å². The van der Waals surface area contributed by atoms with Crippen LogP contribution in [0.15, 0.2) is 24.3 Å². The highest BCUT2D eigenvalue weighted by Crippen LogP contribution is 2.34. The minimum Gasteiger partial charge on any atom is -0.325 e. The van der Waals surface area contributed by atoms with Gasteiger partial charge < -0.3 is 10.6 Å². The van der Waals surface area contributed by atoms with Crippen LogP contribution in [0, 0.1) is 11.2 Å². The van der Waals surface area contributed by atoms with E-state index in [2.05, 4.69) is 17.6 Å². The Labute approximate surface area is 120 Å². The zero-order valence-electron chi connectivity index (χ0n) is 12.0. The SMILES string of the molecule is CC1(CNCC(=O)Nc2cccc(F)c2)CCCCC1. The number of anilines is 1. The topological polar surface area (TPSA) is 41.1 Å². The lowest BCUT2D eigenvalue weighted by atomic mass is 9.76. The Bertz CT molecular complexity index is 456. The van der Waals surface area contributed by atoms with Crippen LogP contribution < -0.4 is 10.6 Å². The Kier molecular flexibility index (Phi) is 5.12. The van der Waals surface area contributed by atoms with Crippen LogP contribution in [0.5, 0.6) is 0 Å². The quantitative estimate of drug-likeness (QED) is 0.867. The standard InChI is InChI=1S/C16H23FN2O/c1-16(8-3-2-4-9-16)12-18-11-15(20)19-14-7-5-6-13(17)10-14/h5-7,10,18H,2-4,8-9,11-12H2,1H3,(H,19,20). The second-order valence-electron chi connectivity index (χ2n) is 6.03. The average Bonchev–Trinajstić information content (AvgIpc) is 2.39. The fraction of sp³-hybridized carbons (Fsp3) is 0.562. The summed E-state index contributed by atoms with van der Waals surface area (Å²) in [5.41, 5.74) is 0.817. The van der Waals surface area contributed by atoms with Crippen molar-refractivity contribution in [1.29, 1.82) is 0 Å². The third kappa shape index (κ3) is 4.60. The van der Waals surface area contributed by atoms with E-state index in [0.29, 0.717) is 11.1 Å². The lowest BCUT2D eigenvalue weighted by molar-refractivity contribution is -0.115. The number of nitrogens with one attached hydrogen (secondary N) is 2. The lowest BCUT2D eigenvalue weighted by Gasteiger charge is -2.33. The Balaban J connectivity index is 1.72. The molecule has 1 aromatic carbocycles. The molecule has 2 rings (SSSR count). The predicted molar refractivity (Wildman–Crippen MR) is 79.1 cm³/mol. The Morgan fingerprint density at radius 3 is 2.75 bits per heavy atom. The van der Waals surface area contributed by atoms with Crippen LogP contribution in [0.2, 0.25) is 0 Å². The molecule has 20 heavy (non-hydrogen) atoms. The summed E-state index contributed by atoms with van der Waals surface area (Å²) in [4.78, 5) is 11.8. The molecular weight excluding hydrogens is 255 g/mol. The molecule has 0 unspecified atom stereocenters. The summed E-state index contributed by atoms with van der Waals surface area (Å²) in [6.07, 6.45) is 6.36. The lowest BCUT2D eigenvalue weighted by Crippen LogP contribution is -2.37. The zero-order chi connectivity index (χ0) is 14.4. The van der Waals surface area contributed by atoms with Crippen molar-refractivity contribution in [2.24, 2.45) is 5.41 Å². The fourth-order valence-electron chi connectivity index (χ4n) is 2.83. The molecule has 1 aliphatic carbocycles. The molecule has 1 amide bonds. The normalized spacial score (nSPS) is 17.7. The van der Waals surface area contributed by atoms with E-state index in [9.17, 15) is 9.18 Å². The van der Waals surface area contributed by atoms with Crippen LogP contribution in [0.1, 0.15) is 39.0 Å². The molecule has 0 aliphatic heterocycles. The number of hydrogen-bond donors (Lipinski definition) is 2. The van der Waals surface area contributed by atoms with Gasteiger partial charge in [-0.25, -0.2) is 4.39 Å². The monoisotopic (exact) mass is 278 g/mol. The summed E-state index contributed by atoms with van der Waals surface area (Å²) in [6, 6.07) is 5.95. The van der Waals surface area contributed by atoms with Crippen LogP contribution >= 0.6 is 0 Å². The Hall–Kier alpha value is -1.42. The maximum Gasteiger partial charge on any atom is 0.238 e. The van der Waals surface area contributed by atoms with Gasteiger partial charge in [0.15, 0.2) is 0 Å². The summed E-state index contributed by atoms with van der Waals surface area (Å²) in [5.74, 6) is -0.472. The van der Waals surface area contributed by atoms with Crippen molar-refractivity contribution in [1.82, 2.24) is 5.32 Å². The maximum atomic E-state index is 13.0. The van der Waals surface area contributed by atoms with Gasteiger partial charge in [0, 0.05) is 12.2 Å². The van der Waals surface area contributed by atoms with Crippen molar-refractivity contribution in [3.63, 3.8) is 0 Å². The molecule has 2 N–H and O–H groups in total. The molecule has 0 aromatic heterocycles. The molecule has 110 valence electrons. The van der Waals surface area contributed by atoms with Crippen molar-refractivity contribution >= 4 is 11.6 Å². The van der Waals surface area contributed by atoms with Crippen LogP contribution in [-0.4, -0.2) is 19.0 Å². The third-order valence-corrected chi connectivity index (χ3v) is 4.01. The van der Waals surface area contributed by atoms with E-state index in [1.165, 1.54) is 44.2 Å². The summed E-state index contributed by atoms with van der Waals surface area (Å²) >= 11 is 0. The first-order chi connectivity index (χ1) is 9.57. The van der Waals surface area contributed by atoms with Crippen LogP contribution in [0.25, 0.3) is 0 Å². The van der Waals surface area contributed by atoms with Gasteiger partial charge in [-0.05, 0) is 36.5 Å². The first kappa shape index (κ1) is 15.0. The number of carbonyl (C=O) groups excluding carboxylic acids is 1. The number of hydrogen-bond acceptors (Lipinski definition) is 2. The predicted octanol–water partition coefficient (Wildman–Crippen LogP) is 3.32. The number of benzene rings is 1. The highest BCUT2D eigenvalue weighted by Gasteiger charge is 2.26. The average molecular weight is 278 g/mol. The van der Waals surface area contributed by atoms with E-state index in [1.54, 1.807) is 12.1 Å². The molecule has 0 atom stereocenters. The van der Waals surface area contributed by atoms with E-state index in [-0.39, 0.29) is 18.3 Å². The molecule has 0 saturated heterocycles. The number of carbonyl (C=O) groups is 1. The Morgan fingerprint density at radius 1 is 1.30 bits per heavy atom. The van der Waals surface area contributed by atoms with E-state index >= 15 is 0 Å². The van der Waals surface area contributed by atoms with Crippen molar-refractivity contribution in [2.45, 2.75) is 39.0 Å². The molecule has 1 aromatic rings. The summed E-state index contributed by atoms with van der Waals surface area (Å²) in [7, 11) is 0. The molecular formula is C16H23FN2O. The van der Waals surface area contributed by atoms with Gasteiger partial charge >= 0.3 is 0 Å². The second kappa shape index (κ2) is 6.84. The molecule has 0 spiro atoms. The van der Waals surface area contributed by atoms with E-state index in [0.717, 1.165) is 6.54 Å². The molecule has 1 aliphatic rings. The van der Waals surface area contributed by atoms with Gasteiger partial charge in [-0.1, -0.05) is 32.3 Å². The highest BCUT2D eigenvalue weighted by atomic mass is 19.1. The summed E-state index contributed by atoms with van der Waals surface area (Å²) < 4.78 is 13.0. The third-order valence-electron chi connectivity index (χ3n) is 4.01. The van der Waals surface area contributed by atoms with Crippen LogP contribution in [-0.2, 0) is 4.79 Å². The van der Waals surface area contributed by atoms with Crippen LogP contribution in [0.4, 0.5) is 10.1 Å². The Morgan fingerprint density at radius 2 is 2.05 bits per heavy atom. The van der Waals surface area contributed by atoms with Gasteiger partial charge in [-0.2, -0.15) is 0 Å². The molecule has 0 radical (unpaired) electrons. The fourth-order valence-corrected chi connectivity index (χ4v) is 2.83. The summed E-state index contributed by atoms with van der Waals surface area (Å²) in [6.45, 7) is 3.42. The molecule has 0 bridgehead atoms.